The van der Waals surface area contributed by atoms with Crippen molar-refractivity contribution in [3.63, 3.8) is 0 Å². The van der Waals surface area contributed by atoms with Crippen molar-refractivity contribution in [2.24, 2.45) is 0 Å². The number of rotatable bonds is 4. The first-order valence-electron chi connectivity index (χ1n) is 8.82. The molecule has 0 atom stereocenters. The van der Waals surface area contributed by atoms with Crippen LogP contribution >= 0.6 is 23.1 Å². The highest BCUT2D eigenvalue weighted by Gasteiger charge is 2.23. The lowest BCUT2D eigenvalue weighted by Gasteiger charge is -2.35. The van der Waals surface area contributed by atoms with E-state index in [1.54, 1.807) is 0 Å². The van der Waals surface area contributed by atoms with E-state index in [0.29, 0.717) is 6.42 Å². The van der Waals surface area contributed by atoms with Gasteiger partial charge in [0.05, 0.1) is 4.70 Å². The van der Waals surface area contributed by atoms with Crippen LogP contribution < -0.4 is 4.90 Å². The molecule has 6 heteroatoms. The van der Waals surface area contributed by atoms with Crippen molar-refractivity contribution in [1.29, 1.82) is 0 Å². The number of carbonyl (C=O) groups is 1. The molecule has 3 aromatic rings. The lowest BCUT2D eigenvalue weighted by atomic mass is 10.1. The molecule has 1 amide bonds. The quantitative estimate of drug-likeness (QED) is 0.674. The third-order valence-corrected chi connectivity index (χ3v) is 5.90. The summed E-state index contributed by atoms with van der Waals surface area (Å²) >= 11 is 7.44. The Morgan fingerprint density at radius 2 is 1.77 bits per heavy atom. The topological polar surface area (TPSA) is 36.4 Å². The predicted molar refractivity (Wildman–Crippen MR) is 108 cm³/mol. The second-order valence-electron chi connectivity index (χ2n) is 6.50. The van der Waals surface area contributed by atoms with E-state index in [9.17, 15) is 4.79 Å². The number of hydrogen-bond donors (Lipinski definition) is 0. The van der Waals surface area contributed by atoms with Crippen LogP contribution in [0.15, 0.2) is 48.5 Å². The van der Waals surface area contributed by atoms with Crippen molar-refractivity contribution in [2.45, 2.75) is 12.8 Å². The summed E-state index contributed by atoms with van der Waals surface area (Å²) in [5.41, 5.74) is 1.15. The van der Waals surface area contributed by atoms with Gasteiger partial charge < -0.3 is 9.80 Å². The molecule has 1 saturated heterocycles. The van der Waals surface area contributed by atoms with Crippen LogP contribution in [0.25, 0.3) is 10.1 Å². The SMILES string of the molecule is O=C(CCc1ccc(Cl)cc1)N1CCN(c2nsc3ccccc23)CC1. The Hall–Kier alpha value is -2.11. The highest BCUT2D eigenvalue weighted by molar-refractivity contribution is 7.13. The molecule has 4 nitrogen and oxygen atoms in total. The number of nitrogens with zero attached hydrogens (tertiary/aromatic N) is 3. The molecule has 0 unspecified atom stereocenters. The number of amides is 1. The molecule has 1 aromatic heterocycles. The van der Waals surface area contributed by atoms with Crippen molar-refractivity contribution >= 4 is 44.9 Å². The van der Waals surface area contributed by atoms with Gasteiger partial charge in [-0.05, 0) is 47.8 Å². The highest BCUT2D eigenvalue weighted by atomic mass is 35.5. The minimum absolute atomic E-state index is 0.225. The van der Waals surface area contributed by atoms with Gasteiger partial charge in [-0.15, -0.1) is 0 Å². The molecule has 26 heavy (non-hydrogen) atoms. The van der Waals surface area contributed by atoms with Gasteiger partial charge >= 0.3 is 0 Å². The van der Waals surface area contributed by atoms with E-state index in [-0.39, 0.29) is 5.91 Å². The zero-order valence-corrected chi connectivity index (χ0v) is 16.0. The number of hydrogen-bond acceptors (Lipinski definition) is 4. The van der Waals surface area contributed by atoms with Crippen LogP contribution in [-0.2, 0) is 11.2 Å². The predicted octanol–water partition coefficient (Wildman–Crippen LogP) is 4.23. The maximum absolute atomic E-state index is 12.5. The molecule has 0 aliphatic carbocycles. The maximum Gasteiger partial charge on any atom is 0.223 e. The Morgan fingerprint density at radius 1 is 1.04 bits per heavy atom. The van der Waals surface area contributed by atoms with Crippen LogP contribution in [0, 0.1) is 0 Å². The second-order valence-corrected chi connectivity index (χ2v) is 7.74. The average molecular weight is 386 g/mol. The Kier molecular flexibility index (Phi) is 5.09. The fraction of sp³-hybridized carbons (Fsp3) is 0.300. The van der Waals surface area contributed by atoms with Gasteiger partial charge in [-0.3, -0.25) is 4.79 Å². The fourth-order valence-electron chi connectivity index (χ4n) is 3.33. The van der Waals surface area contributed by atoms with E-state index < -0.39 is 0 Å². The van der Waals surface area contributed by atoms with E-state index >= 15 is 0 Å². The maximum atomic E-state index is 12.5. The summed E-state index contributed by atoms with van der Waals surface area (Å²) < 4.78 is 5.84. The minimum atomic E-state index is 0.225. The van der Waals surface area contributed by atoms with Gasteiger partial charge in [0.25, 0.3) is 0 Å². The van der Waals surface area contributed by atoms with Crippen LogP contribution in [0.2, 0.25) is 5.02 Å². The van der Waals surface area contributed by atoms with Crippen molar-refractivity contribution in [1.82, 2.24) is 9.27 Å². The largest absolute Gasteiger partial charge is 0.352 e. The molecular weight excluding hydrogens is 366 g/mol. The molecule has 0 spiro atoms. The Morgan fingerprint density at radius 3 is 2.54 bits per heavy atom. The summed E-state index contributed by atoms with van der Waals surface area (Å²) in [7, 11) is 0. The second kappa shape index (κ2) is 7.64. The zero-order chi connectivity index (χ0) is 17.9. The van der Waals surface area contributed by atoms with Crippen LogP contribution in [0.5, 0.6) is 0 Å². The lowest BCUT2D eigenvalue weighted by Crippen LogP contribution is -2.49. The van der Waals surface area contributed by atoms with E-state index in [0.717, 1.165) is 49.0 Å². The molecule has 0 saturated carbocycles. The van der Waals surface area contributed by atoms with E-state index in [2.05, 4.69) is 27.5 Å². The van der Waals surface area contributed by atoms with Crippen molar-refractivity contribution in [3.05, 3.63) is 59.1 Å². The van der Waals surface area contributed by atoms with E-state index in [1.807, 2.05) is 35.2 Å². The summed E-state index contributed by atoms with van der Waals surface area (Å²) in [6.45, 7) is 3.18. The number of halogens is 1. The summed E-state index contributed by atoms with van der Waals surface area (Å²) in [6.07, 6.45) is 1.30. The number of carbonyl (C=O) groups excluding carboxylic acids is 1. The van der Waals surface area contributed by atoms with Gasteiger partial charge in [0, 0.05) is 43.0 Å². The first-order valence-corrected chi connectivity index (χ1v) is 9.97. The monoisotopic (exact) mass is 385 g/mol. The normalized spacial score (nSPS) is 14.8. The molecule has 0 radical (unpaired) electrons. The van der Waals surface area contributed by atoms with Gasteiger partial charge in [-0.1, -0.05) is 35.9 Å². The van der Waals surface area contributed by atoms with Crippen LogP contribution in [0.3, 0.4) is 0 Å². The highest BCUT2D eigenvalue weighted by Crippen LogP contribution is 2.29. The first-order chi connectivity index (χ1) is 12.7. The van der Waals surface area contributed by atoms with Crippen LogP contribution in [0.1, 0.15) is 12.0 Å². The molecule has 1 aliphatic rings. The molecule has 4 rings (SSSR count). The Labute approximate surface area is 162 Å². The van der Waals surface area contributed by atoms with Crippen molar-refractivity contribution < 1.29 is 4.79 Å². The average Bonchev–Trinajstić information content (AvgIpc) is 3.11. The third-order valence-electron chi connectivity index (χ3n) is 4.83. The molecule has 1 fully saturated rings. The third kappa shape index (κ3) is 3.69. The molecule has 134 valence electrons. The summed E-state index contributed by atoms with van der Waals surface area (Å²) in [6, 6.07) is 16.0. The van der Waals surface area contributed by atoms with E-state index in [4.69, 9.17) is 11.6 Å². The first kappa shape index (κ1) is 17.3. The number of fused-ring (bicyclic) bond motifs is 1. The minimum Gasteiger partial charge on any atom is -0.352 e. The van der Waals surface area contributed by atoms with Gasteiger partial charge in [0.1, 0.15) is 5.82 Å². The van der Waals surface area contributed by atoms with E-state index in [1.165, 1.54) is 21.6 Å². The lowest BCUT2D eigenvalue weighted by molar-refractivity contribution is -0.131. The van der Waals surface area contributed by atoms with Gasteiger partial charge in [0.15, 0.2) is 0 Å². The molecule has 1 aliphatic heterocycles. The Balaban J connectivity index is 1.33. The number of piperazine rings is 1. The smallest absolute Gasteiger partial charge is 0.223 e. The van der Waals surface area contributed by atoms with Crippen molar-refractivity contribution in [2.75, 3.05) is 31.1 Å². The fourth-order valence-corrected chi connectivity index (χ4v) is 4.25. The number of aryl methyl sites for hydroxylation is 1. The molecular formula is C20H20ClN3OS. The molecule has 0 bridgehead atoms. The Bertz CT molecular complexity index is 901. The summed E-state index contributed by atoms with van der Waals surface area (Å²) in [5.74, 6) is 1.28. The molecule has 2 heterocycles. The number of benzene rings is 2. The number of anilines is 1. The molecule has 2 aromatic carbocycles. The van der Waals surface area contributed by atoms with Gasteiger partial charge in [0.2, 0.25) is 5.91 Å². The summed E-state index contributed by atoms with van der Waals surface area (Å²) in [4.78, 5) is 16.8. The van der Waals surface area contributed by atoms with Crippen LogP contribution in [-0.4, -0.2) is 41.4 Å². The number of aromatic nitrogens is 1. The standard InChI is InChI=1S/C20H20ClN3OS/c21-16-8-5-15(6-9-16)7-10-19(25)23-11-13-24(14-12-23)20-17-3-1-2-4-18(17)26-22-20/h1-6,8-9H,7,10-14H2. The molecule has 0 N–H and O–H groups in total. The zero-order valence-electron chi connectivity index (χ0n) is 14.4. The van der Waals surface area contributed by atoms with Gasteiger partial charge in [-0.2, -0.15) is 4.37 Å². The summed E-state index contributed by atoms with van der Waals surface area (Å²) in [5, 5.41) is 1.94. The van der Waals surface area contributed by atoms with Crippen LogP contribution in [0.4, 0.5) is 5.82 Å². The van der Waals surface area contributed by atoms with Crippen molar-refractivity contribution in [3.8, 4) is 0 Å². The van der Waals surface area contributed by atoms with Gasteiger partial charge in [-0.25, -0.2) is 0 Å².